The summed E-state index contributed by atoms with van der Waals surface area (Å²) >= 11 is 1.54. The molecule has 3 heterocycles. The number of methoxy groups -OCH3 is 1. The first-order valence-corrected chi connectivity index (χ1v) is 12.3. The average molecular weight is 465 g/mol. The van der Waals surface area contributed by atoms with Crippen LogP contribution in [0, 0.1) is 0 Å². The molecule has 1 atom stereocenters. The van der Waals surface area contributed by atoms with Crippen LogP contribution in [0.3, 0.4) is 0 Å². The fraction of sp³-hybridized carbons (Fsp3) is 0.591. The Labute approximate surface area is 223 Å². The summed E-state index contributed by atoms with van der Waals surface area (Å²) in [6.45, 7) is 0.410. The van der Waals surface area contributed by atoms with E-state index in [1.54, 1.807) is 24.6 Å². The predicted octanol–water partition coefficient (Wildman–Crippen LogP) is 0.800. The lowest BCUT2D eigenvalue weighted by Crippen LogP contribution is -2.61. The predicted molar refractivity (Wildman–Crippen MR) is 147 cm³/mol. The van der Waals surface area contributed by atoms with Crippen LogP contribution < -0.4 is 10.1 Å². The number of nitrogens with one attached hydrogen (secondary N) is 1. The Morgan fingerprint density at radius 2 is 1.71 bits per heavy atom. The summed E-state index contributed by atoms with van der Waals surface area (Å²) in [6.07, 6.45) is 2.81. The molecule has 0 aromatic carbocycles. The van der Waals surface area contributed by atoms with Crippen LogP contribution in [0.4, 0.5) is 0 Å². The molecule has 1 saturated heterocycles. The molecule has 4 nitrogen and oxygen atoms in total. The van der Waals surface area contributed by atoms with Gasteiger partial charge in [-0.25, -0.2) is 0 Å². The van der Waals surface area contributed by atoms with E-state index >= 15 is 0 Å². The highest BCUT2D eigenvalue weighted by molar-refractivity contribution is 7.10. The molecule has 1 aliphatic carbocycles. The minimum Gasteiger partial charge on any atom is -0.496 e. The Bertz CT molecular complexity index is 1030. The zero-order valence-corrected chi connectivity index (χ0v) is 20.8. The van der Waals surface area contributed by atoms with E-state index in [1.807, 2.05) is 29.6 Å². The molecule has 1 aliphatic heterocycles. The third-order valence-corrected chi connectivity index (χ3v) is 8.02. The van der Waals surface area contributed by atoms with Gasteiger partial charge in [-0.3, -0.25) is 4.98 Å². The van der Waals surface area contributed by atoms with Gasteiger partial charge in [-0.05, 0) is 61.1 Å². The van der Waals surface area contributed by atoms with Gasteiger partial charge < -0.3 is 14.8 Å². The fourth-order valence-corrected chi connectivity index (χ4v) is 6.70. The topological polar surface area (TPSA) is 43.4 Å². The first kappa shape index (κ1) is 27.1. The van der Waals surface area contributed by atoms with Crippen LogP contribution in [0.5, 0.6) is 5.75 Å². The van der Waals surface area contributed by atoms with Crippen molar-refractivity contribution in [3.63, 3.8) is 0 Å². The maximum Gasteiger partial charge on any atom is 0.134 e. The highest BCUT2D eigenvalue weighted by Crippen LogP contribution is 2.66. The van der Waals surface area contributed by atoms with Crippen LogP contribution >= 0.6 is 11.3 Å². The van der Waals surface area contributed by atoms with Gasteiger partial charge in [0.15, 0.2) is 0 Å². The standard InChI is InChI=1S/C22H22B8N2O2S/c1-33-14-5-7-35-15(14)8-32-21(27,28)10-17(16-4-2-3-6-31-16)9-18(34-22(29,30)11-17)12-19(23,24)20(25,26)13-18/h2-7,32H,8-13H2,1H3/t17-/m1/s1. The molecule has 2 fully saturated rings. The van der Waals surface area contributed by atoms with Crippen LogP contribution in [0.15, 0.2) is 35.8 Å². The van der Waals surface area contributed by atoms with E-state index in [-0.39, 0.29) is 25.7 Å². The molecule has 0 bridgehead atoms. The van der Waals surface area contributed by atoms with Crippen molar-refractivity contribution >= 4 is 74.1 Å². The van der Waals surface area contributed by atoms with E-state index in [1.165, 1.54) is 0 Å². The number of hydrogen-bond donors (Lipinski definition) is 1. The molecular weight excluding hydrogens is 443 g/mol. The summed E-state index contributed by atoms with van der Waals surface area (Å²) in [6, 6.07) is 7.51. The van der Waals surface area contributed by atoms with Crippen LogP contribution in [0.1, 0.15) is 42.7 Å². The van der Waals surface area contributed by atoms with E-state index < -0.39 is 32.2 Å². The van der Waals surface area contributed by atoms with E-state index in [2.05, 4.69) is 10.3 Å². The SMILES string of the molecule is [B]C([B])(C[C@@]1(c2ccccn2)CC([B])([B])OC2(CC([B])([B])C([B])([B])C2)C1)NCc1sccc1OC. The summed E-state index contributed by atoms with van der Waals surface area (Å²) in [4.78, 5) is 5.61. The summed E-state index contributed by atoms with van der Waals surface area (Å²) in [5.41, 5.74) is -1.07. The van der Waals surface area contributed by atoms with Crippen molar-refractivity contribution in [3.8, 4) is 5.75 Å². The molecule has 4 rings (SSSR count). The van der Waals surface area contributed by atoms with E-state index in [0.717, 1.165) is 16.3 Å². The van der Waals surface area contributed by atoms with Gasteiger partial charge in [0.2, 0.25) is 0 Å². The number of thiophene rings is 1. The second-order valence-electron chi connectivity index (χ2n) is 10.5. The van der Waals surface area contributed by atoms with Gasteiger partial charge in [0, 0.05) is 23.9 Å². The molecule has 1 N–H and O–H groups in total. The Hall–Kier alpha value is -0.911. The summed E-state index contributed by atoms with van der Waals surface area (Å²) in [7, 11) is 53.1. The maximum atomic E-state index is 6.64. The minimum atomic E-state index is -1.56. The number of nitrogens with zero attached hydrogens (tertiary/aromatic N) is 1. The van der Waals surface area contributed by atoms with Crippen molar-refractivity contribution < 1.29 is 9.47 Å². The molecule has 2 aromatic heterocycles. The van der Waals surface area contributed by atoms with Crippen molar-refractivity contribution in [1.82, 2.24) is 10.3 Å². The van der Waals surface area contributed by atoms with Crippen molar-refractivity contribution in [3.05, 3.63) is 46.4 Å². The Morgan fingerprint density at radius 1 is 1.03 bits per heavy atom. The van der Waals surface area contributed by atoms with Crippen molar-refractivity contribution in [1.29, 1.82) is 0 Å². The van der Waals surface area contributed by atoms with Crippen molar-refractivity contribution in [2.75, 3.05) is 7.11 Å². The van der Waals surface area contributed by atoms with E-state index in [4.69, 9.17) is 72.2 Å². The highest BCUT2D eigenvalue weighted by Gasteiger charge is 2.61. The lowest BCUT2D eigenvalue weighted by molar-refractivity contribution is -0.142. The number of rotatable bonds is 7. The number of hydrogen-bond acceptors (Lipinski definition) is 5. The second kappa shape index (κ2) is 9.13. The third-order valence-electron chi connectivity index (χ3n) is 7.12. The minimum absolute atomic E-state index is 0.152. The Balaban J connectivity index is 1.70. The normalized spacial score (nSPS) is 26.4. The molecule has 35 heavy (non-hydrogen) atoms. The number of pyridine rings is 1. The molecule has 1 spiro atoms. The van der Waals surface area contributed by atoms with Gasteiger partial charge >= 0.3 is 0 Å². The first-order valence-electron chi connectivity index (χ1n) is 11.4. The molecule has 13 heteroatoms. The third kappa shape index (κ3) is 5.52. The molecule has 162 valence electrons. The summed E-state index contributed by atoms with van der Waals surface area (Å²) < 4.78 is 11.6. The molecule has 16 radical (unpaired) electrons. The summed E-state index contributed by atoms with van der Waals surface area (Å²) in [5, 5.41) is -0.481. The zero-order valence-electron chi connectivity index (χ0n) is 20.0. The average Bonchev–Trinajstić information content (AvgIpc) is 3.24. The van der Waals surface area contributed by atoms with E-state index in [9.17, 15) is 0 Å². The van der Waals surface area contributed by atoms with Crippen LogP contribution in [-0.2, 0) is 16.7 Å². The molecule has 2 aromatic rings. The van der Waals surface area contributed by atoms with Gasteiger partial charge in [-0.1, -0.05) is 11.4 Å². The monoisotopic (exact) mass is 466 g/mol. The molecule has 0 amide bonds. The molecule has 0 unspecified atom stereocenters. The fourth-order valence-electron chi connectivity index (χ4n) is 5.92. The largest absolute Gasteiger partial charge is 0.496 e. The maximum absolute atomic E-state index is 6.64. The van der Waals surface area contributed by atoms with Crippen LogP contribution in [-0.4, -0.2) is 91.2 Å². The lowest BCUT2D eigenvalue weighted by Gasteiger charge is -2.56. The Morgan fingerprint density at radius 3 is 2.31 bits per heavy atom. The molecular formula is C22H22B8N2O2S. The molecule has 1 saturated carbocycles. The Kier molecular flexibility index (Phi) is 7.08. The molecule has 2 aliphatic rings. The van der Waals surface area contributed by atoms with Crippen LogP contribution in [0.2, 0.25) is 10.4 Å². The quantitative estimate of drug-likeness (QED) is 0.616. The van der Waals surface area contributed by atoms with Gasteiger partial charge in [0.25, 0.3) is 0 Å². The zero-order chi connectivity index (χ0) is 25.8. The van der Waals surface area contributed by atoms with Crippen LogP contribution in [0.25, 0.3) is 0 Å². The van der Waals surface area contributed by atoms with Crippen molar-refractivity contribution in [2.45, 2.75) is 70.8 Å². The summed E-state index contributed by atoms with van der Waals surface area (Å²) in [5.74, 6) is 0.765. The first-order chi connectivity index (χ1) is 16.1. The second-order valence-corrected chi connectivity index (χ2v) is 11.5. The lowest BCUT2D eigenvalue weighted by atomic mass is 9.31. The number of ether oxygens (including phenoxy) is 2. The highest BCUT2D eigenvalue weighted by atomic mass is 32.1. The van der Waals surface area contributed by atoms with Gasteiger partial charge in [-0.2, -0.15) is 0 Å². The smallest absolute Gasteiger partial charge is 0.134 e. The number of aromatic nitrogens is 1. The van der Waals surface area contributed by atoms with Gasteiger partial charge in [0.1, 0.15) is 5.75 Å². The van der Waals surface area contributed by atoms with Crippen molar-refractivity contribution in [2.24, 2.45) is 0 Å². The van der Waals surface area contributed by atoms with Gasteiger partial charge in [-0.15, -0.1) is 21.8 Å². The van der Waals surface area contributed by atoms with E-state index in [0.29, 0.717) is 13.0 Å². The van der Waals surface area contributed by atoms with Gasteiger partial charge in [0.05, 0.1) is 80.4 Å².